The van der Waals surface area contributed by atoms with Gasteiger partial charge in [0.2, 0.25) is 0 Å². The number of nitriles is 1. The number of benzene rings is 3. The molecule has 1 aliphatic heterocycles. The third kappa shape index (κ3) is 5.53. The monoisotopic (exact) mass is 497 g/mol. The molecule has 1 aliphatic rings. The number of amides is 1. The van der Waals surface area contributed by atoms with Gasteiger partial charge in [-0.3, -0.25) is 9.69 Å². The molecule has 0 saturated carbocycles. The zero-order valence-electron chi connectivity index (χ0n) is 20.4. The molecule has 182 valence electrons. The van der Waals surface area contributed by atoms with Crippen molar-refractivity contribution in [2.24, 2.45) is 4.99 Å². The number of ether oxygens (including phenoxy) is 1. The summed E-state index contributed by atoms with van der Waals surface area (Å²) >= 11 is 1.31. The number of carbonyl (C=O) groups excluding carboxylic acids is 1. The summed E-state index contributed by atoms with van der Waals surface area (Å²) in [6, 6.07) is 25.0. The smallest absolute Gasteiger partial charge is 0.268 e. The van der Waals surface area contributed by atoms with Gasteiger partial charge in [0.05, 0.1) is 47.3 Å². The van der Waals surface area contributed by atoms with Crippen LogP contribution in [0.1, 0.15) is 18.1 Å². The lowest BCUT2D eigenvalue weighted by Gasteiger charge is -2.18. The van der Waals surface area contributed by atoms with Gasteiger partial charge in [0.1, 0.15) is 5.75 Å². The minimum atomic E-state index is -0.134. The van der Waals surface area contributed by atoms with Gasteiger partial charge < -0.3 is 15.0 Å². The van der Waals surface area contributed by atoms with E-state index in [-0.39, 0.29) is 5.91 Å². The SMILES string of the molecule is CCNc1ccc(C#N)cc1N=C1SC(=CN(C)c2ccccc2OC)C(=O)N1Cc1ccccc1. The largest absolute Gasteiger partial charge is 0.495 e. The first kappa shape index (κ1) is 24.9. The predicted molar refractivity (Wildman–Crippen MR) is 146 cm³/mol. The Balaban J connectivity index is 1.75. The Bertz CT molecular complexity index is 1350. The lowest BCUT2D eigenvalue weighted by molar-refractivity contribution is -0.122. The Labute approximate surface area is 215 Å². The predicted octanol–water partition coefficient (Wildman–Crippen LogP) is 5.74. The molecule has 36 heavy (non-hydrogen) atoms. The number of hydrogen-bond donors (Lipinski definition) is 1. The van der Waals surface area contributed by atoms with Crippen LogP contribution in [0, 0.1) is 11.3 Å². The number of nitrogens with one attached hydrogen (secondary N) is 1. The Morgan fingerprint density at radius 1 is 1.14 bits per heavy atom. The van der Waals surface area contributed by atoms with Crippen LogP contribution in [0.4, 0.5) is 17.1 Å². The molecule has 0 bridgehead atoms. The maximum Gasteiger partial charge on any atom is 0.268 e. The van der Waals surface area contributed by atoms with E-state index in [4.69, 9.17) is 9.73 Å². The minimum Gasteiger partial charge on any atom is -0.495 e. The van der Waals surface area contributed by atoms with Crippen molar-refractivity contribution in [1.82, 2.24) is 4.90 Å². The van der Waals surface area contributed by atoms with Crippen LogP contribution in [-0.4, -0.2) is 36.7 Å². The third-order valence-electron chi connectivity index (χ3n) is 5.56. The molecule has 3 aromatic carbocycles. The van der Waals surface area contributed by atoms with Crippen molar-refractivity contribution in [1.29, 1.82) is 5.26 Å². The van der Waals surface area contributed by atoms with Crippen LogP contribution in [0.3, 0.4) is 0 Å². The fourth-order valence-electron chi connectivity index (χ4n) is 3.79. The van der Waals surface area contributed by atoms with Crippen molar-refractivity contribution in [2.45, 2.75) is 13.5 Å². The van der Waals surface area contributed by atoms with Crippen LogP contribution in [0.5, 0.6) is 5.75 Å². The summed E-state index contributed by atoms with van der Waals surface area (Å²) in [4.78, 5) is 22.6. The highest BCUT2D eigenvalue weighted by Gasteiger charge is 2.34. The maximum absolute atomic E-state index is 13.6. The van der Waals surface area contributed by atoms with Crippen molar-refractivity contribution < 1.29 is 9.53 Å². The topological polar surface area (TPSA) is 81.0 Å². The Kier molecular flexibility index (Phi) is 7.93. The number of hydrogen-bond acceptors (Lipinski definition) is 7. The Morgan fingerprint density at radius 3 is 2.61 bits per heavy atom. The van der Waals surface area contributed by atoms with Gasteiger partial charge in [0.15, 0.2) is 5.17 Å². The zero-order chi connectivity index (χ0) is 25.5. The Morgan fingerprint density at radius 2 is 1.89 bits per heavy atom. The summed E-state index contributed by atoms with van der Waals surface area (Å²) in [5.41, 5.74) is 3.77. The first-order valence-electron chi connectivity index (χ1n) is 11.5. The number of rotatable bonds is 8. The van der Waals surface area contributed by atoms with Gasteiger partial charge in [-0.25, -0.2) is 4.99 Å². The van der Waals surface area contributed by atoms with Crippen LogP contribution in [-0.2, 0) is 11.3 Å². The number of aliphatic imine (C=N–C) groups is 1. The molecule has 1 fully saturated rings. The third-order valence-corrected chi connectivity index (χ3v) is 6.55. The molecule has 1 N–H and O–H groups in total. The molecule has 0 aromatic heterocycles. The normalized spacial score (nSPS) is 15.3. The fraction of sp³-hybridized carbons (Fsp3) is 0.179. The second-order valence-electron chi connectivity index (χ2n) is 8.02. The molecule has 0 spiro atoms. The Hall–Kier alpha value is -4.22. The van der Waals surface area contributed by atoms with E-state index in [1.54, 1.807) is 24.1 Å². The van der Waals surface area contributed by atoms with Gasteiger partial charge in [-0.15, -0.1) is 0 Å². The van der Waals surface area contributed by atoms with Crippen LogP contribution >= 0.6 is 11.8 Å². The molecule has 0 aliphatic carbocycles. The number of amidine groups is 1. The number of para-hydroxylation sites is 2. The van der Waals surface area contributed by atoms with E-state index in [0.717, 1.165) is 16.9 Å². The zero-order valence-corrected chi connectivity index (χ0v) is 21.2. The number of thioether (sulfide) groups is 1. The highest BCUT2D eigenvalue weighted by Crippen LogP contribution is 2.37. The molecule has 0 radical (unpaired) electrons. The summed E-state index contributed by atoms with van der Waals surface area (Å²) in [6.07, 6.45) is 1.81. The molecule has 3 aromatic rings. The summed E-state index contributed by atoms with van der Waals surface area (Å²) < 4.78 is 5.49. The van der Waals surface area contributed by atoms with Crippen molar-refractivity contribution >= 4 is 39.9 Å². The van der Waals surface area contributed by atoms with Gasteiger partial charge in [0, 0.05) is 19.8 Å². The summed E-state index contributed by atoms with van der Waals surface area (Å²) in [6.45, 7) is 3.09. The first-order valence-corrected chi connectivity index (χ1v) is 12.3. The van der Waals surface area contributed by atoms with E-state index >= 15 is 0 Å². The maximum atomic E-state index is 13.6. The van der Waals surface area contributed by atoms with Gasteiger partial charge in [-0.05, 0) is 54.6 Å². The molecule has 8 heteroatoms. The average molecular weight is 498 g/mol. The second-order valence-corrected chi connectivity index (χ2v) is 9.03. The van der Waals surface area contributed by atoms with Crippen molar-refractivity contribution in [3.8, 4) is 11.8 Å². The van der Waals surface area contributed by atoms with Gasteiger partial charge in [-0.2, -0.15) is 5.26 Å². The molecule has 0 atom stereocenters. The van der Waals surface area contributed by atoms with E-state index < -0.39 is 0 Å². The van der Waals surface area contributed by atoms with E-state index in [9.17, 15) is 10.1 Å². The van der Waals surface area contributed by atoms with Crippen LogP contribution in [0.2, 0.25) is 0 Å². The summed E-state index contributed by atoms with van der Waals surface area (Å²) in [5, 5.41) is 13.3. The summed E-state index contributed by atoms with van der Waals surface area (Å²) in [7, 11) is 3.51. The lowest BCUT2D eigenvalue weighted by Crippen LogP contribution is -2.28. The van der Waals surface area contributed by atoms with Crippen LogP contribution in [0.15, 0.2) is 88.9 Å². The van der Waals surface area contributed by atoms with Crippen LogP contribution < -0.4 is 15.0 Å². The quantitative estimate of drug-likeness (QED) is 0.400. The standard InChI is InChI=1S/C28H27N5O2S/c1-4-30-22-15-14-21(17-29)16-23(22)31-28-33(18-20-10-6-5-7-11-20)27(34)26(36-28)19-32(2)24-12-8-9-13-25(24)35-3/h5-16,19,30H,4,18H2,1-3H3. The molecular formula is C28H27N5O2S. The van der Waals surface area contributed by atoms with Crippen molar-refractivity contribution in [3.63, 3.8) is 0 Å². The highest BCUT2D eigenvalue weighted by molar-refractivity contribution is 8.18. The number of nitrogens with zero attached hydrogens (tertiary/aromatic N) is 4. The average Bonchev–Trinajstić information content (AvgIpc) is 3.19. The molecular weight excluding hydrogens is 470 g/mol. The minimum absolute atomic E-state index is 0.134. The van der Waals surface area contributed by atoms with Crippen molar-refractivity contribution in [2.75, 3.05) is 30.9 Å². The fourth-order valence-corrected chi connectivity index (χ4v) is 4.80. The van der Waals surface area contributed by atoms with E-state index in [0.29, 0.717) is 40.2 Å². The van der Waals surface area contributed by atoms with E-state index in [1.165, 1.54) is 11.8 Å². The first-order chi connectivity index (χ1) is 17.5. The number of methoxy groups -OCH3 is 1. The highest BCUT2D eigenvalue weighted by atomic mass is 32.2. The molecule has 1 saturated heterocycles. The lowest BCUT2D eigenvalue weighted by atomic mass is 10.2. The van der Waals surface area contributed by atoms with Gasteiger partial charge in [-0.1, -0.05) is 42.5 Å². The molecule has 4 rings (SSSR count). The molecule has 1 heterocycles. The van der Waals surface area contributed by atoms with Gasteiger partial charge in [0.25, 0.3) is 5.91 Å². The van der Waals surface area contributed by atoms with Crippen molar-refractivity contribution in [3.05, 3.63) is 95.0 Å². The molecule has 1 amide bonds. The van der Waals surface area contributed by atoms with Gasteiger partial charge >= 0.3 is 0 Å². The van der Waals surface area contributed by atoms with E-state index in [1.807, 2.05) is 85.7 Å². The number of anilines is 2. The second kappa shape index (κ2) is 11.5. The molecule has 0 unspecified atom stereocenters. The van der Waals surface area contributed by atoms with E-state index in [2.05, 4.69) is 11.4 Å². The van der Waals surface area contributed by atoms with Crippen LogP contribution in [0.25, 0.3) is 0 Å². The molecule has 7 nitrogen and oxygen atoms in total. The summed E-state index contributed by atoms with van der Waals surface area (Å²) in [5.74, 6) is 0.580. The number of carbonyl (C=O) groups is 1.